The third-order valence-corrected chi connectivity index (χ3v) is 4.15. The van der Waals surface area contributed by atoms with E-state index in [1.54, 1.807) is 12.1 Å². The first kappa shape index (κ1) is 15.5. The van der Waals surface area contributed by atoms with Gasteiger partial charge in [0.05, 0.1) is 0 Å². The van der Waals surface area contributed by atoms with Crippen molar-refractivity contribution in [1.82, 2.24) is 10.2 Å². The highest BCUT2D eigenvalue weighted by Gasteiger charge is 2.27. The van der Waals surface area contributed by atoms with Crippen LogP contribution in [0.15, 0.2) is 24.3 Å². The van der Waals surface area contributed by atoms with Crippen LogP contribution >= 0.6 is 0 Å². The molecule has 1 fully saturated rings. The van der Waals surface area contributed by atoms with Crippen LogP contribution < -0.4 is 5.32 Å². The third kappa shape index (κ3) is 4.29. The largest absolute Gasteiger partial charge is 0.311 e. The zero-order valence-electron chi connectivity index (χ0n) is 12.9. The molecule has 2 unspecified atom stereocenters. The first-order valence-corrected chi connectivity index (χ1v) is 7.80. The molecule has 0 bridgehead atoms. The first-order chi connectivity index (χ1) is 9.58. The molecular weight excluding hydrogens is 251 g/mol. The lowest BCUT2D eigenvalue weighted by atomic mass is 9.97. The van der Waals surface area contributed by atoms with Gasteiger partial charge < -0.3 is 5.32 Å². The minimum absolute atomic E-state index is 0.153. The topological polar surface area (TPSA) is 15.3 Å². The molecule has 1 N–H and O–H groups in total. The van der Waals surface area contributed by atoms with Gasteiger partial charge in [0.1, 0.15) is 5.82 Å². The van der Waals surface area contributed by atoms with E-state index in [0.717, 1.165) is 26.1 Å². The molecule has 112 valence electrons. The van der Waals surface area contributed by atoms with Crippen molar-refractivity contribution in [2.75, 3.05) is 13.1 Å². The Kier molecular flexibility index (Phi) is 5.55. The van der Waals surface area contributed by atoms with Crippen LogP contribution in [0.1, 0.15) is 39.2 Å². The smallest absolute Gasteiger partial charge is 0.123 e. The van der Waals surface area contributed by atoms with Crippen molar-refractivity contribution in [3.63, 3.8) is 0 Å². The average Bonchev–Trinajstić information content (AvgIpc) is 2.42. The standard InChI is InChI=1S/C17H27FN2/c1-4-16-12-20(17(10-19-16)9-13(2)3)11-14-5-7-15(18)8-6-14/h5-8,13,16-17,19H,4,9-12H2,1-3H3. The van der Waals surface area contributed by atoms with Gasteiger partial charge in [-0.3, -0.25) is 4.90 Å². The predicted molar refractivity (Wildman–Crippen MR) is 82.1 cm³/mol. The van der Waals surface area contributed by atoms with E-state index < -0.39 is 0 Å². The second-order valence-electron chi connectivity index (χ2n) is 6.35. The second kappa shape index (κ2) is 7.19. The summed E-state index contributed by atoms with van der Waals surface area (Å²) in [6.45, 7) is 9.87. The highest BCUT2D eigenvalue weighted by atomic mass is 19.1. The SMILES string of the molecule is CCC1CN(Cc2ccc(F)cc2)C(CC(C)C)CN1. The van der Waals surface area contributed by atoms with Crippen LogP contribution in [0.4, 0.5) is 4.39 Å². The summed E-state index contributed by atoms with van der Waals surface area (Å²) in [6.07, 6.45) is 2.37. The number of nitrogens with zero attached hydrogens (tertiary/aromatic N) is 1. The summed E-state index contributed by atoms with van der Waals surface area (Å²) in [5.41, 5.74) is 1.21. The lowest BCUT2D eigenvalue weighted by molar-refractivity contribution is 0.105. The van der Waals surface area contributed by atoms with Crippen LogP contribution in [0.5, 0.6) is 0 Å². The fourth-order valence-corrected chi connectivity index (χ4v) is 3.00. The van der Waals surface area contributed by atoms with E-state index >= 15 is 0 Å². The molecule has 1 aromatic rings. The Hall–Kier alpha value is -0.930. The molecule has 3 heteroatoms. The van der Waals surface area contributed by atoms with Gasteiger partial charge in [0, 0.05) is 31.7 Å². The van der Waals surface area contributed by atoms with Gasteiger partial charge in [0.2, 0.25) is 0 Å². The molecule has 1 saturated heterocycles. The van der Waals surface area contributed by atoms with Crippen molar-refractivity contribution in [2.24, 2.45) is 5.92 Å². The normalized spacial score (nSPS) is 24.2. The molecule has 0 aromatic heterocycles. The van der Waals surface area contributed by atoms with Gasteiger partial charge in [-0.2, -0.15) is 0 Å². The van der Waals surface area contributed by atoms with Gasteiger partial charge >= 0.3 is 0 Å². The zero-order valence-corrected chi connectivity index (χ0v) is 12.9. The Balaban J connectivity index is 2.04. The Labute approximate surface area is 122 Å². The fraction of sp³-hybridized carbons (Fsp3) is 0.647. The average molecular weight is 278 g/mol. The number of hydrogen-bond donors (Lipinski definition) is 1. The molecule has 2 atom stereocenters. The summed E-state index contributed by atoms with van der Waals surface area (Å²) in [7, 11) is 0. The van der Waals surface area contributed by atoms with Gasteiger partial charge in [-0.05, 0) is 36.5 Å². The molecule has 0 radical (unpaired) electrons. The van der Waals surface area contributed by atoms with Crippen molar-refractivity contribution < 1.29 is 4.39 Å². The fourth-order valence-electron chi connectivity index (χ4n) is 3.00. The van der Waals surface area contributed by atoms with E-state index in [1.165, 1.54) is 12.0 Å². The van der Waals surface area contributed by atoms with Crippen molar-refractivity contribution >= 4 is 0 Å². The van der Waals surface area contributed by atoms with Crippen molar-refractivity contribution in [2.45, 2.75) is 52.2 Å². The van der Waals surface area contributed by atoms with Crippen LogP contribution in [-0.4, -0.2) is 30.1 Å². The van der Waals surface area contributed by atoms with E-state index in [9.17, 15) is 4.39 Å². The van der Waals surface area contributed by atoms with Gasteiger partial charge in [-0.25, -0.2) is 4.39 Å². The minimum atomic E-state index is -0.153. The summed E-state index contributed by atoms with van der Waals surface area (Å²) in [6, 6.07) is 8.11. The van der Waals surface area contributed by atoms with Gasteiger partial charge in [-0.15, -0.1) is 0 Å². The molecule has 1 heterocycles. The molecule has 0 aliphatic carbocycles. The maximum atomic E-state index is 13.0. The van der Waals surface area contributed by atoms with Crippen molar-refractivity contribution in [3.05, 3.63) is 35.6 Å². The van der Waals surface area contributed by atoms with E-state index in [-0.39, 0.29) is 5.82 Å². The highest BCUT2D eigenvalue weighted by molar-refractivity contribution is 5.16. The molecule has 2 rings (SSSR count). The van der Waals surface area contributed by atoms with Crippen LogP contribution in [-0.2, 0) is 6.54 Å². The highest BCUT2D eigenvalue weighted by Crippen LogP contribution is 2.19. The van der Waals surface area contributed by atoms with Crippen molar-refractivity contribution in [3.8, 4) is 0 Å². The lowest BCUT2D eigenvalue weighted by Crippen LogP contribution is -2.56. The molecule has 20 heavy (non-hydrogen) atoms. The predicted octanol–water partition coefficient (Wildman–Crippen LogP) is 3.42. The monoisotopic (exact) mass is 278 g/mol. The lowest BCUT2D eigenvalue weighted by Gasteiger charge is -2.41. The van der Waals surface area contributed by atoms with E-state index in [1.807, 2.05) is 12.1 Å². The number of rotatable bonds is 5. The van der Waals surface area contributed by atoms with Gasteiger partial charge in [0.15, 0.2) is 0 Å². The molecule has 0 spiro atoms. The number of hydrogen-bond acceptors (Lipinski definition) is 2. The van der Waals surface area contributed by atoms with Crippen LogP contribution in [0, 0.1) is 11.7 Å². The van der Waals surface area contributed by atoms with E-state index in [4.69, 9.17) is 0 Å². The van der Waals surface area contributed by atoms with Crippen LogP contribution in [0.25, 0.3) is 0 Å². The quantitative estimate of drug-likeness (QED) is 0.888. The van der Waals surface area contributed by atoms with Gasteiger partial charge in [-0.1, -0.05) is 32.9 Å². The summed E-state index contributed by atoms with van der Waals surface area (Å²) in [4.78, 5) is 2.57. The van der Waals surface area contributed by atoms with Crippen LogP contribution in [0.2, 0.25) is 0 Å². The maximum Gasteiger partial charge on any atom is 0.123 e. The van der Waals surface area contributed by atoms with Gasteiger partial charge in [0.25, 0.3) is 0 Å². The second-order valence-corrected chi connectivity index (χ2v) is 6.35. The Morgan fingerprint density at radius 2 is 2.00 bits per heavy atom. The Morgan fingerprint density at radius 3 is 2.60 bits per heavy atom. The number of nitrogens with one attached hydrogen (secondary N) is 1. The molecular formula is C17H27FN2. The molecule has 1 aliphatic heterocycles. The molecule has 1 aliphatic rings. The first-order valence-electron chi connectivity index (χ1n) is 7.80. The van der Waals surface area contributed by atoms with E-state index in [2.05, 4.69) is 31.0 Å². The minimum Gasteiger partial charge on any atom is -0.311 e. The molecule has 0 amide bonds. The summed E-state index contributed by atoms with van der Waals surface area (Å²) in [5.74, 6) is 0.551. The molecule has 2 nitrogen and oxygen atoms in total. The number of halogens is 1. The zero-order chi connectivity index (χ0) is 14.5. The van der Waals surface area contributed by atoms with Crippen LogP contribution in [0.3, 0.4) is 0 Å². The summed E-state index contributed by atoms with van der Waals surface area (Å²) < 4.78 is 13.0. The van der Waals surface area contributed by atoms with Crippen molar-refractivity contribution in [1.29, 1.82) is 0 Å². The van der Waals surface area contributed by atoms with E-state index in [0.29, 0.717) is 18.0 Å². The third-order valence-electron chi connectivity index (χ3n) is 4.15. The summed E-state index contributed by atoms with van der Waals surface area (Å²) >= 11 is 0. The number of piperazine rings is 1. The maximum absolute atomic E-state index is 13.0. The Morgan fingerprint density at radius 1 is 1.30 bits per heavy atom. The molecule has 0 saturated carbocycles. The Bertz CT molecular complexity index is 402. The molecule has 1 aromatic carbocycles. The summed E-state index contributed by atoms with van der Waals surface area (Å²) in [5, 5.41) is 3.65. The number of benzene rings is 1.